The molecule has 24 heavy (non-hydrogen) atoms. The summed E-state index contributed by atoms with van der Waals surface area (Å²) in [5.41, 5.74) is 8.78. The van der Waals surface area contributed by atoms with Crippen molar-refractivity contribution in [2.24, 2.45) is 7.05 Å². The average Bonchev–Trinajstić information content (AvgIpc) is 3.12. The Balaban J connectivity index is 1.59. The fourth-order valence-electron chi connectivity index (χ4n) is 3.32. The summed E-state index contributed by atoms with van der Waals surface area (Å²) in [5.74, 6) is 2.67. The Kier molecular flexibility index (Phi) is 3.29. The smallest absolute Gasteiger partial charge is 0.254 e. The van der Waals surface area contributed by atoms with Gasteiger partial charge in [-0.3, -0.25) is 4.68 Å². The van der Waals surface area contributed by atoms with Gasteiger partial charge in [0.15, 0.2) is 5.82 Å². The maximum atomic E-state index is 6.19. The third kappa shape index (κ3) is 2.24. The van der Waals surface area contributed by atoms with Crippen LogP contribution in [0.2, 0.25) is 0 Å². The number of nitrogens with zero attached hydrogens (tertiary/aromatic N) is 8. The van der Waals surface area contributed by atoms with Crippen LogP contribution in [-0.4, -0.2) is 55.5 Å². The summed E-state index contributed by atoms with van der Waals surface area (Å²) < 4.78 is 3.66. The molecule has 0 radical (unpaired) electrons. The monoisotopic (exact) mass is 327 g/mol. The highest BCUT2D eigenvalue weighted by Gasteiger charge is 2.24. The van der Waals surface area contributed by atoms with E-state index in [1.807, 2.05) is 25.6 Å². The molecule has 0 aromatic carbocycles. The summed E-state index contributed by atoms with van der Waals surface area (Å²) >= 11 is 0. The lowest BCUT2D eigenvalue weighted by Crippen LogP contribution is -2.48. The van der Waals surface area contributed by atoms with E-state index in [0.29, 0.717) is 5.78 Å². The minimum atomic E-state index is 0.638. The first-order chi connectivity index (χ1) is 11.5. The maximum absolute atomic E-state index is 6.19. The first-order valence-corrected chi connectivity index (χ1v) is 8.01. The summed E-state index contributed by atoms with van der Waals surface area (Å²) in [4.78, 5) is 13.2. The number of aromatic nitrogens is 6. The number of piperazine rings is 1. The molecule has 0 atom stereocenters. The molecule has 1 saturated heterocycles. The van der Waals surface area contributed by atoms with Crippen LogP contribution >= 0.6 is 0 Å². The van der Waals surface area contributed by atoms with Gasteiger partial charge in [-0.05, 0) is 13.8 Å². The van der Waals surface area contributed by atoms with Crippen molar-refractivity contribution in [3.05, 3.63) is 23.8 Å². The Morgan fingerprint density at radius 1 is 1.08 bits per heavy atom. The highest BCUT2D eigenvalue weighted by molar-refractivity contribution is 5.66. The van der Waals surface area contributed by atoms with Crippen molar-refractivity contribution in [2.45, 2.75) is 13.8 Å². The van der Waals surface area contributed by atoms with Crippen LogP contribution < -0.4 is 15.5 Å². The van der Waals surface area contributed by atoms with E-state index >= 15 is 0 Å². The molecule has 1 aliphatic rings. The van der Waals surface area contributed by atoms with Crippen molar-refractivity contribution in [2.75, 3.05) is 41.7 Å². The van der Waals surface area contributed by atoms with Crippen LogP contribution in [0.4, 0.5) is 17.3 Å². The molecule has 0 unspecified atom stereocenters. The summed E-state index contributed by atoms with van der Waals surface area (Å²) in [7, 11) is 1.94. The molecule has 126 valence electrons. The second-order valence-electron chi connectivity index (χ2n) is 6.15. The Morgan fingerprint density at radius 2 is 1.79 bits per heavy atom. The highest BCUT2D eigenvalue weighted by atomic mass is 15.4. The van der Waals surface area contributed by atoms with Gasteiger partial charge in [-0.2, -0.15) is 19.7 Å². The fraction of sp³-hybridized carbons (Fsp3) is 0.467. The lowest BCUT2D eigenvalue weighted by Gasteiger charge is -2.37. The van der Waals surface area contributed by atoms with Crippen molar-refractivity contribution < 1.29 is 0 Å². The Labute approximate surface area is 139 Å². The van der Waals surface area contributed by atoms with E-state index in [2.05, 4.69) is 36.0 Å². The summed E-state index contributed by atoms with van der Waals surface area (Å²) in [6.07, 6.45) is 1.54. The number of hydrogen-bond acceptors (Lipinski definition) is 7. The quantitative estimate of drug-likeness (QED) is 0.727. The molecule has 1 aliphatic heterocycles. The van der Waals surface area contributed by atoms with Gasteiger partial charge in [0, 0.05) is 45.0 Å². The van der Waals surface area contributed by atoms with E-state index in [1.54, 1.807) is 10.8 Å². The molecule has 0 amide bonds. The normalized spacial score (nSPS) is 15.5. The molecular formula is C15H21N9. The van der Waals surface area contributed by atoms with Crippen molar-refractivity contribution in [1.29, 1.82) is 0 Å². The molecule has 3 aromatic heterocycles. The van der Waals surface area contributed by atoms with E-state index in [9.17, 15) is 0 Å². The Hall–Kier alpha value is -2.84. The van der Waals surface area contributed by atoms with Crippen LogP contribution in [0.3, 0.4) is 0 Å². The molecule has 0 spiro atoms. The van der Waals surface area contributed by atoms with Gasteiger partial charge in [-0.15, -0.1) is 0 Å². The van der Waals surface area contributed by atoms with E-state index in [1.165, 1.54) is 0 Å². The zero-order valence-corrected chi connectivity index (χ0v) is 14.1. The van der Waals surface area contributed by atoms with Gasteiger partial charge in [-0.25, -0.2) is 4.98 Å². The second kappa shape index (κ2) is 5.36. The third-order valence-electron chi connectivity index (χ3n) is 4.50. The van der Waals surface area contributed by atoms with Gasteiger partial charge < -0.3 is 15.5 Å². The lowest BCUT2D eigenvalue weighted by molar-refractivity contribution is 0.614. The van der Waals surface area contributed by atoms with Crippen molar-refractivity contribution in [1.82, 2.24) is 29.4 Å². The van der Waals surface area contributed by atoms with Crippen molar-refractivity contribution >= 4 is 23.1 Å². The number of anilines is 3. The molecule has 9 heteroatoms. The largest absolute Gasteiger partial charge is 0.394 e. The molecule has 0 saturated carbocycles. The fourth-order valence-corrected chi connectivity index (χ4v) is 3.32. The number of rotatable bonds is 2. The van der Waals surface area contributed by atoms with Gasteiger partial charge in [-0.1, -0.05) is 0 Å². The molecule has 4 rings (SSSR count). The van der Waals surface area contributed by atoms with Crippen LogP contribution in [0, 0.1) is 13.8 Å². The molecule has 4 heterocycles. The van der Waals surface area contributed by atoms with E-state index in [4.69, 9.17) is 5.73 Å². The zero-order chi connectivity index (χ0) is 16.8. The standard InChI is InChI=1S/C15H21N9/c1-10-8-12(24-15(19-10)17-9-18-24)22-4-6-23(7-5-22)14-13(16)11(2)20-21(14)3/h8-9H,4-7,16H2,1-3H3. The highest BCUT2D eigenvalue weighted by Crippen LogP contribution is 2.27. The average molecular weight is 327 g/mol. The topological polar surface area (TPSA) is 93.4 Å². The van der Waals surface area contributed by atoms with Gasteiger partial charge in [0.05, 0.1) is 11.4 Å². The number of fused-ring (bicyclic) bond motifs is 1. The summed E-state index contributed by atoms with van der Waals surface area (Å²) in [5, 5.41) is 8.71. The number of nitrogen functional groups attached to an aromatic ring is 1. The minimum absolute atomic E-state index is 0.638. The minimum Gasteiger partial charge on any atom is -0.394 e. The SMILES string of the molecule is Cc1cc(N2CCN(c3c(N)c(C)nn3C)CC2)n2ncnc2n1. The third-order valence-corrected chi connectivity index (χ3v) is 4.50. The summed E-state index contributed by atoms with van der Waals surface area (Å²) in [6, 6.07) is 2.06. The molecule has 0 aliphatic carbocycles. The molecular weight excluding hydrogens is 306 g/mol. The predicted molar refractivity (Wildman–Crippen MR) is 92.3 cm³/mol. The molecule has 1 fully saturated rings. The predicted octanol–water partition coefficient (Wildman–Crippen LogP) is 0.383. The van der Waals surface area contributed by atoms with Crippen LogP contribution in [0.25, 0.3) is 5.78 Å². The number of nitrogens with two attached hydrogens (primary N) is 1. The van der Waals surface area contributed by atoms with Crippen LogP contribution in [0.1, 0.15) is 11.4 Å². The first-order valence-electron chi connectivity index (χ1n) is 8.01. The maximum Gasteiger partial charge on any atom is 0.254 e. The number of hydrogen-bond donors (Lipinski definition) is 1. The van der Waals surface area contributed by atoms with E-state index < -0.39 is 0 Å². The Bertz CT molecular complexity index is 886. The molecule has 0 bridgehead atoms. The van der Waals surface area contributed by atoms with Gasteiger partial charge in [0.2, 0.25) is 0 Å². The van der Waals surface area contributed by atoms with Crippen LogP contribution in [-0.2, 0) is 7.05 Å². The van der Waals surface area contributed by atoms with Gasteiger partial charge in [0.1, 0.15) is 12.1 Å². The van der Waals surface area contributed by atoms with E-state index in [0.717, 1.165) is 54.9 Å². The molecule has 9 nitrogen and oxygen atoms in total. The van der Waals surface area contributed by atoms with Crippen LogP contribution in [0.15, 0.2) is 12.4 Å². The van der Waals surface area contributed by atoms with Crippen LogP contribution in [0.5, 0.6) is 0 Å². The molecule has 2 N–H and O–H groups in total. The van der Waals surface area contributed by atoms with E-state index in [-0.39, 0.29) is 0 Å². The zero-order valence-electron chi connectivity index (χ0n) is 14.1. The Morgan fingerprint density at radius 3 is 2.46 bits per heavy atom. The van der Waals surface area contributed by atoms with Crippen molar-refractivity contribution in [3.8, 4) is 0 Å². The second-order valence-corrected chi connectivity index (χ2v) is 6.15. The van der Waals surface area contributed by atoms with Crippen molar-refractivity contribution in [3.63, 3.8) is 0 Å². The molecule has 3 aromatic rings. The lowest BCUT2D eigenvalue weighted by atomic mass is 10.2. The summed E-state index contributed by atoms with van der Waals surface area (Å²) in [6.45, 7) is 7.43. The van der Waals surface area contributed by atoms with Gasteiger partial charge >= 0.3 is 0 Å². The number of aryl methyl sites for hydroxylation is 3. The first kappa shape index (κ1) is 14.7. The van der Waals surface area contributed by atoms with Gasteiger partial charge in [0.25, 0.3) is 5.78 Å².